The van der Waals surface area contributed by atoms with E-state index >= 15 is 0 Å². The molecule has 1 aromatic rings. The van der Waals surface area contributed by atoms with Gasteiger partial charge in [0.15, 0.2) is 5.78 Å². The minimum atomic E-state index is -0.134. The molecule has 0 spiro atoms. The highest BCUT2D eigenvalue weighted by molar-refractivity contribution is 9.10. The predicted molar refractivity (Wildman–Crippen MR) is 90.8 cm³/mol. The Balaban J connectivity index is 2.37. The second kappa shape index (κ2) is 9.56. The van der Waals surface area contributed by atoms with Crippen molar-refractivity contribution in [2.75, 3.05) is 0 Å². The van der Waals surface area contributed by atoms with Gasteiger partial charge in [0, 0.05) is 5.56 Å². The van der Waals surface area contributed by atoms with Crippen LogP contribution < -0.4 is 0 Å². The Labute approximate surface area is 138 Å². The number of phenolic OH excluding ortho intramolecular Hbond substituents is 1. The minimum absolute atomic E-state index is 0.0826. The molecule has 0 aliphatic rings. The zero-order valence-electron chi connectivity index (χ0n) is 11.9. The lowest BCUT2D eigenvalue weighted by atomic mass is 10.0. The first-order valence-corrected chi connectivity index (χ1v) is 8.94. The molecule has 0 amide bonds. The number of hydrogen-bond acceptors (Lipinski definition) is 2. The molecule has 1 atom stereocenters. The highest BCUT2D eigenvalue weighted by Crippen LogP contribution is 2.26. The smallest absolute Gasteiger partial charge is 0.176 e. The van der Waals surface area contributed by atoms with Crippen molar-refractivity contribution in [3.8, 4) is 5.75 Å². The van der Waals surface area contributed by atoms with Gasteiger partial charge in [0.2, 0.25) is 0 Å². The number of alkyl halides is 1. The minimum Gasteiger partial charge on any atom is -0.507 e. The number of halogens is 2. The summed E-state index contributed by atoms with van der Waals surface area (Å²) in [6, 6.07) is 4.88. The number of hydrogen-bond donors (Lipinski definition) is 1. The summed E-state index contributed by atoms with van der Waals surface area (Å²) in [5.41, 5.74) is 0.627. The van der Waals surface area contributed by atoms with Gasteiger partial charge in [-0.05, 0) is 40.5 Å². The molecule has 112 valence electrons. The van der Waals surface area contributed by atoms with Crippen LogP contribution in [0.5, 0.6) is 5.75 Å². The summed E-state index contributed by atoms with van der Waals surface area (Å²) in [5, 5.41) is 9.44. The van der Waals surface area contributed by atoms with Crippen LogP contribution in [0.4, 0.5) is 0 Å². The monoisotopic (exact) mass is 404 g/mol. The van der Waals surface area contributed by atoms with Gasteiger partial charge in [0.25, 0.3) is 0 Å². The Hall–Kier alpha value is -0.350. The van der Waals surface area contributed by atoms with Crippen LogP contribution in [0.3, 0.4) is 0 Å². The van der Waals surface area contributed by atoms with Crippen LogP contribution in [-0.4, -0.2) is 15.7 Å². The van der Waals surface area contributed by atoms with Crippen LogP contribution in [0.2, 0.25) is 0 Å². The van der Waals surface area contributed by atoms with Crippen molar-refractivity contribution >= 4 is 37.6 Å². The predicted octanol–water partition coefficient (Wildman–Crippen LogP) is 5.85. The maximum Gasteiger partial charge on any atom is 0.176 e. The number of phenols is 1. The lowest BCUT2D eigenvalue weighted by molar-refractivity contribution is 0.0988. The zero-order valence-corrected chi connectivity index (χ0v) is 15.0. The fraction of sp³-hybridized carbons (Fsp3) is 0.562. The third-order valence-electron chi connectivity index (χ3n) is 3.33. The number of ketones is 1. The molecule has 0 aromatic heterocycles. The lowest BCUT2D eigenvalue weighted by Crippen LogP contribution is -2.14. The van der Waals surface area contributed by atoms with E-state index in [1.54, 1.807) is 18.2 Å². The molecule has 0 heterocycles. The molecule has 1 rings (SSSR count). The van der Waals surface area contributed by atoms with Crippen molar-refractivity contribution in [3.63, 3.8) is 0 Å². The van der Waals surface area contributed by atoms with Crippen LogP contribution in [0.1, 0.15) is 62.2 Å². The number of carbonyl (C=O) groups excluding carboxylic acids is 1. The number of benzene rings is 1. The van der Waals surface area contributed by atoms with Crippen LogP contribution >= 0.6 is 31.9 Å². The largest absolute Gasteiger partial charge is 0.507 e. The second-order valence-corrected chi connectivity index (χ2v) is 7.01. The van der Waals surface area contributed by atoms with Gasteiger partial charge in [-0.15, -0.1) is 0 Å². The third-order valence-corrected chi connectivity index (χ3v) is 4.84. The number of unbranched alkanes of at least 4 members (excludes halogenated alkanes) is 5. The van der Waals surface area contributed by atoms with Crippen LogP contribution in [0.15, 0.2) is 22.7 Å². The standard InChI is InChI=1S/C16H22Br2O2/c1-2-3-4-5-6-7-8-13(17)16(20)12-9-10-15(19)14(18)11-12/h9-11,13,19H,2-8H2,1H3. The van der Waals surface area contributed by atoms with Gasteiger partial charge in [-0.25, -0.2) is 0 Å². The Morgan fingerprint density at radius 2 is 1.85 bits per heavy atom. The summed E-state index contributed by atoms with van der Waals surface area (Å²) >= 11 is 6.71. The van der Waals surface area contributed by atoms with E-state index in [1.165, 1.54) is 32.1 Å². The number of rotatable bonds is 9. The van der Waals surface area contributed by atoms with Crippen molar-refractivity contribution in [2.24, 2.45) is 0 Å². The Kier molecular flexibility index (Phi) is 8.46. The SMILES string of the molecule is CCCCCCCCC(Br)C(=O)c1ccc(O)c(Br)c1. The van der Waals surface area contributed by atoms with E-state index in [0.717, 1.165) is 12.8 Å². The average Bonchev–Trinajstić information content (AvgIpc) is 2.44. The fourth-order valence-corrected chi connectivity index (χ4v) is 3.04. The Morgan fingerprint density at radius 3 is 2.50 bits per heavy atom. The van der Waals surface area contributed by atoms with Crippen LogP contribution in [0, 0.1) is 0 Å². The molecule has 1 unspecified atom stereocenters. The molecule has 0 saturated carbocycles. The molecular weight excluding hydrogens is 384 g/mol. The first-order valence-electron chi connectivity index (χ1n) is 7.23. The second-order valence-electron chi connectivity index (χ2n) is 5.05. The number of carbonyl (C=O) groups is 1. The molecule has 0 aliphatic carbocycles. The van der Waals surface area contributed by atoms with Gasteiger partial charge in [-0.1, -0.05) is 61.4 Å². The van der Waals surface area contributed by atoms with Gasteiger partial charge in [-0.2, -0.15) is 0 Å². The van der Waals surface area contributed by atoms with E-state index in [4.69, 9.17) is 0 Å². The maximum atomic E-state index is 12.2. The van der Waals surface area contributed by atoms with Gasteiger partial charge in [-0.3, -0.25) is 4.79 Å². The van der Waals surface area contributed by atoms with Gasteiger partial charge in [0.1, 0.15) is 5.75 Å². The van der Waals surface area contributed by atoms with Crippen LogP contribution in [0.25, 0.3) is 0 Å². The fourth-order valence-electron chi connectivity index (χ4n) is 2.08. The molecule has 1 N–H and O–H groups in total. The molecule has 2 nitrogen and oxygen atoms in total. The van der Waals surface area contributed by atoms with Crippen molar-refractivity contribution in [3.05, 3.63) is 28.2 Å². The van der Waals surface area contributed by atoms with Crippen molar-refractivity contribution in [2.45, 2.75) is 56.7 Å². The zero-order chi connectivity index (χ0) is 15.0. The molecule has 0 aliphatic heterocycles. The molecule has 0 radical (unpaired) electrons. The lowest BCUT2D eigenvalue weighted by Gasteiger charge is -2.09. The van der Waals surface area contributed by atoms with E-state index in [1.807, 2.05) is 0 Å². The molecular formula is C16H22Br2O2. The first-order chi connectivity index (χ1) is 9.56. The van der Waals surface area contributed by atoms with E-state index in [2.05, 4.69) is 38.8 Å². The molecule has 1 aromatic carbocycles. The van der Waals surface area contributed by atoms with Gasteiger partial charge < -0.3 is 5.11 Å². The van der Waals surface area contributed by atoms with Crippen molar-refractivity contribution in [1.82, 2.24) is 0 Å². The summed E-state index contributed by atoms with van der Waals surface area (Å²) in [6.07, 6.45) is 8.24. The van der Waals surface area contributed by atoms with Crippen LogP contribution in [-0.2, 0) is 0 Å². The molecule has 0 bridgehead atoms. The highest BCUT2D eigenvalue weighted by atomic mass is 79.9. The summed E-state index contributed by atoms with van der Waals surface area (Å²) < 4.78 is 0.558. The number of Topliss-reactive ketones (excluding diaryl/α,β-unsaturated/α-hetero) is 1. The summed E-state index contributed by atoms with van der Waals surface area (Å²) in [5.74, 6) is 0.239. The average molecular weight is 406 g/mol. The topological polar surface area (TPSA) is 37.3 Å². The Morgan fingerprint density at radius 1 is 1.20 bits per heavy atom. The summed E-state index contributed by atoms with van der Waals surface area (Å²) in [4.78, 5) is 12.1. The molecule has 20 heavy (non-hydrogen) atoms. The first kappa shape index (κ1) is 17.7. The third kappa shape index (κ3) is 5.96. The molecule has 4 heteroatoms. The quantitative estimate of drug-likeness (QED) is 0.317. The summed E-state index contributed by atoms with van der Waals surface area (Å²) in [7, 11) is 0. The molecule has 0 saturated heterocycles. The highest BCUT2D eigenvalue weighted by Gasteiger charge is 2.17. The van der Waals surface area contributed by atoms with E-state index in [9.17, 15) is 9.90 Å². The maximum absolute atomic E-state index is 12.2. The van der Waals surface area contributed by atoms with E-state index < -0.39 is 0 Å². The van der Waals surface area contributed by atoms with Gasteiger partial charge in [0.05, 0.1) is 9.30 Å². The number of aromatic hydroxyl groups is 1. The summed E-state index contributed by atoms with van der Waals surface area (Å²) in [6.45, 7) is 2.21. The van der Waals surface area contributed by atoms with Gasteiger partial charge >= 0.3 is 0 Å². The van der Waals surface area contributed by atoms with Crippen molar-refractivity contribution in [1.29, 1.82) is 0 Å². The molecule has 0 fully saturated rings. The van der Waals surface area contributed by atoms with E-state index in [-0.39, 0.29) is 16.4 Å². The normalized spacial score (nSPS) is 12.3. The Bertz CT molecular complexity index is 432. The van der Waals surface area contributed by atoms with E-state index in [0.29, 0.717) is 10.0 Å². The van der Waals surface area contributed by atoms with Crippen molar-refractivity contribution < 1.29 is 9.90 Å².